The molecule has 0 radical (unpaired) electrons. The van der Waals surface area contributed by atoms with Crippen molar-refractivity contribution < 1.29 is 4.79 Å². The highest BCUT2D eigenvalue weighted by atomic mass is 35.5. The van der Waals surface area contributed by atoms with Crippen LogP contribution in [0.4, 0.5) is 11.4 Å². The first-order chi connectivity index (χ1) is 13.4. The highest BCUT2D eigenvalue weighted by Gasteiger charge is 2.12. The molecule has 28 heavy (non-hydrogen) atoms. The van der Waals surface area contributed by atoms with Gasteiger partial charge in [0.25, 0.3) is 0 Å². The van der Waals surface area contributed by atoms with Crippen LogP contribution in [0.25, 0.3) is 0 Å². The molecule has 2 N–H and O–H groups in total. The average Bonchev–Trinajstić information content (AvgIpc) is 3.02. The van der Waals surface area contributed by atoms with Crippen molar-refractivity contribution in [2.75, 3.05) is 16.4 Å². The van der Waals surface area contributed by atoms with Gasteiger partial charge in [0.2, 0.25) is 5.91 Å². The number of hydrogen-bond acceptors (Lipinski definition) is 5. The quantitative estimate of drug-likeness (QED) is 0.522. The van der Waals surface area contributed by atoms with E-state index < -0.39 is 0 Å². The summed E-state index contributed by atoms with van der Waals surface area (Å²) in [5.41, 5.74) is 2.61. The van der Waals surface area contributed by atoms with Gasteiger partial charge in [-0.2, -0.15) is 0 Å². The van der Waals surface area contributed by atoms with E-state index in [-0.39, 0.29) is 11.7 Å². The number of halogens is 2. The fraction of sp³-hybridized carbons (Fsp3) is 0.211. The molecule has 1 heterocycles. The zero-order chi connectivity index (χ0) is 20.1. The van der Waals surface area contributed by atoms with E-state index >= 15 is 0 Å². The van der Waals surface area contributed by atoms with E-state index in [1.165, 1.54) is 11.8 Å². The van der Waals surface area contributed by atoms with Gasteiger partial charge in [0.05, 0.1) is 12.3 Å². The molecule has 6 nitrogen and oxygen atoms in total. The molecule has 1 amide bonds. The van der Waals surface area contributed by atoms with Gasteiger partial charge >= 0.3 is 0 Å². The number of carbonyl (C=O) groups excluding carboxylic acids is 1. The van der Waals surface area contributed by atoms with Crippen molar-refractivity contribution in [1.82, 2.24) is 14.8 Å². The predicted octanol–water partition coefficient (Wildman–Crippen LogP) is 4.77. The molecule has 0 fully saturated rings. The molecule has 1 aromatic heterocycles. The molecular formula is C19H19Cl2N5OS. The van der Waals surface area contributed by atoms with Crippen LogP contribution in [0.1, 0.15) is 11.4 Å². The molecule has 0 unspecified atom stereocenters. The minimum Gasteiger partial charge on any atom is -0.378 e. The van der Waals surface area contributed by atoms with Gasteiger partial charge in [0, 0.05) is 28.5 Å². The summed E-state index contributed by atoms with van der Waals surface area (Å²) < 4.78 is 1.87. The van der Waals surface area contributed by atoms with E-state index in [4.69, 9.17) is 23.2 Å². The SMILES string of the molecule is Cc1ccc(Cl)cc1NC(=O)CSc1nnc(CNc2ccc(Cl)cc2)n1C. The summed E-state index contributed by atoms with van der Waals surface area (Å²) in [6.07, 6.45) is 0. The van der Waals surface area contributed by atoms with Crippen LogP contribution in [0.2, 0.25) is 10.0 Å². The number of aryl methyl sites for hydroxylation is 1. The molecule has 0 bridgehead atoms. The van der Waals surface area contributed by atoms with Crippen LogP contribution >= 0.6 is 35.0 Å². The summed E-state index contributed by atoms with van der Waals surface area (Å²) in [5.74, 6) is 0.866. The van der Waals surface area contributed by atoms with Crippen molar-refractivity contribution in [3.8, 4) is 0 Å². The van der Waals surface area contributed by atoms with E-state index in [1.54, 1.807) is 12.1 Å². The minimum atomic E-state index is -0.126. The standard InChI is InChI=1S/C19H19Cl2N5OS/c1-12-3-4-14(21)9-16(12)23-18(27)11-28-19-25-24-17(26(19)2)10-22-15-7-5-13(20)6-8-15/h3-9,22H,10-11H2,1-2H3,(H,23,27). The van der Waals surface area contributed by atoms with E-state index in [0.717, 1.165) is 17.1 Å². The summed E-state index contributed by atoms with van der Waals surface area (Å²) in [6.45, 7) is 2.43. The van der Waals surface area contributed by atoms with Crippen LogP contribution in [-0.4, -0.2) is 26.4 Å². The molecular weight excluding hydrogens is 417 g/mol. The molecule has 0 spiro atoms. The molecule has 146 valence electrons. The fourth-order valence-electron chi connectivity index (χ4n) is 2.42. The maximum Gasteiger partial charge on any atom is 0.234 e. The average molecular weight is 436 g/mol. The maximum atomic E-state index is 12.3. The van der Waals surface area contributed by atoms with E-state index in [1.807, 2.05) is 48.9 Å². The number of aromatic nitrogens is 3. The van der Waals surface area contributed by atoms with Gasteiger partial charge in [-0.05, 0) is 48.9 Å². The Labute approximate surface area is 177 Å². The third-order valence-electron chi connectivity index (χ3n) is 4.03. The van der Waals surface area contributed by atoms with E-state index in [0.29, 0.717) is 27.4 Å². The molecule has 3 rings (SSSR count). The Morgan fingerprint density at radius 2 is 1.82 bits per heavy atom. The van der Waals surface area contributed by atoms with Gasteiger partial charge in [0.1, 0.15) is 0 Å². The highest BCUT2D eigenvalue weighted by molar-refractivity contribution is 7.99. The van der Waals surface area contributed by atoms with Crippen LogP contribution in [0.5, 0.6) is 0 Å². The van der Waals surface area contributed by atoms with Gasteiger partial charge in [-0.1, -0.05) is 41.0 Å². The summed E-state index contributed by atoms with van der Waals surface area (Å²) in [5, 5.41) is 16.4. The summed E-state index contributed by atoms with van der Waals surface area (Å²) in [7, 11) is 1.88. The second kappa shape index (κ2) is 9.32. The molecule has 0 saturated heterocycles. The van der Waals surface area contributed by atoms with Crippen molar-refractivity contribution in [3.05, 3.63) is 63.9 Å². The topological polar surface area (TPSA) is 71.8 Å². The lowest BCUT2D eigenvalue weighted by atomic mass is 10.2. The molecule has 0 aliphatic rings. The zero-order valence-electron chi connectivity index (χ0n) is 15.4. The second-order valence-electron chi connectivity index (χ2n) is 6.11. The molecule has 0 aliphatic carbocycles. The normalized spacial score (nSPS) is 10.7. The summed E-state index contributed by atoms with van der Waals surface area (Å²) >= 11 is 13.2. The lowest BCUT2D eigenvalue weighted by Gasteiger charge is -2.09. The van der Waals surface area contributed by atoms with Gasteiger partial charge in [0.15, 0.2) is 11.0 Å². The first kappa shape index (κ1) is 20.5. The monoisotopic (exact) mass is 435 g/mol. The Morgan fingerprint density at radius 1 is 1.11 bits per heavy atom. The number of anilines is 2. The lowest BCUT2D eigenvalue weighted by molar-refractivity contribution is -0.113. The van der Waals surface area contributed by atoms with E-state index in [2.05, 4.69) is 20.8 Å². The van der Waals surface area contributed by atoms with Crippen molar-refractivity contribution in [1.29, 1.82) is 0 Å². The third kappa shape index (κ3) is 5.41. The number of carbonyl (C=O) groups is 1. The molecule has 9 heteroatoms. The zero-order valence-corrected chi connectivity index (χ0v) is 17.7. The first-order valence-corrected chi connectivity index (χ1v) is 10.2. The summed E-state index contributed by atoms with van der Waals surface area (Å²) in [6, 6.07) is 12.8. The smallest absolute Gasteiger partial charge is 0.234 e. The minimum absolute atomic E-state index is 0.126. The van der Waals surface area contributed by atoms with Crippen LogP contribution in [0.15, 0.2) is 47.6 Å². The molecule has 3 aromatic rings. The predicted molar refractivity (Wildman–Crippen MR) is 115 cm³/mol. The lowest BCUT2D eigenvalue weighted by Crippen LogP contribution is -2.15. The number of nitrogens with one attached hydrogen (secondary N) is 2. The Morgan fingerprint density at radius 3 is 2.57 bits per heavy atom. The van der Waals surface area contributed by atoms with Gasteiger partial charge in [-0.15, -0.1) is 10.2 Å². The summed E-state index contributed by atoms with van der Waals surface area (Å²) in [4.78, 5) is 12.3. The third-order valence-corrected chi connectivity index (χ3v) is 5.53. The highest BCUT2D eigenvalue weighted by Crippen LogP contribution is 2.22. The van der Waals surface area contributed by atoms with E-state index in [9.17, 15) is 4.79 Å². The van der Waals surface area contributed by atoms with Crippen molar-refractivity contribution >= 4 is 52.2 Å². The van der Waals surface area contributed by atoms with Crippen LogP contribution in [0, 0.1) is 6.92 Å². The van der Waals surface area contributed by atoms with Crippen molar-refractivity contribution in [2.45, 2.75) is 18.6 Å². The van der Waals surface area contributed by atoms with Crippen LogP contribution in [-0.2, 0) is 18.4 Å². The molecule has 2 aromatic carbocycles. The Kier molecular flexibility index (Phi) is 6.83. The first-order valence-electron chi connectivity index (χ1n) is 8.49. The Hall–Kier alpha value is -2.22. The second-order valence-corrected chi connectivity index (χ2v) is 7.93. The number of amides is 1. The number of thioether (sulfide) groups is 1. The molecule has 0 saturated carbocycles. The number of rotatable bonds is 7. The number of benzene rings is 2. The Bertz CT molecular complexity index is 975. The van der Waals surface area contributed by atoms with Gasteiger partial charge in [-0.3, -0.25) is 4.79 Å². The molecule has 0 atom stereocenters. The van der Waals surface area contributed by atoms with Crippen molar-refractivity contribution in [2.24, 2.45) is 7.05 Å². The largest absolute Gasteiger partial charge is 0.378 e. The maximum absolute atomic E-state index is 12.3. The molecule has 0 aliphatic heterocycles. The van der Waals surface area contributed by atoms with Crippen molar-refractivity contribution in [3.63, 3.8) is 0 Å². The number of hydrogen-bond donors (Lipinski definition) is 2. The fourth-order valence-corrected chi connectivity index (χ4v) is 3.45. The van der Waals surface area contributed by atoms with Gasteiger partial charge in [-0.25, -0.2) is 0 Å². The van der Waals surface area contributed by atoms with Crippen LogP contribution in [0.3, 0.4) is 0 Å². The Balaban J connectivity index is 1.54. The van der Waals surface area contributed by atoms with Crippen LogP contribution < -0.4 is 10.6 Å². The number of nitrogens with zero attached hydrogens (tertiary/aromatic N) is 3. The van der Waals surface area contributed by atoms with Gasteiger partial charge < -0.3 is 15.2 Å².